The van der Waals surface area contributed by atoms with E-state index in [9.17, 15) is 14.9 Å². The van der Waals surface area contributed by atoms with Gasteiger partial charge in [0.25, 0.3) is 11.6 Å². The molecule has 0 atom stereocenters. The first-order chi connectivity index (χ1) is 12.9. The lowest BCUT2D eigenvalue weighted by atomic mass is 10.2. The number of thioether (sulfide) groups is 1. The van der Waals surface area contributed by atoms with Gasteiger partial charge in [-0.15, -0.1) is 0 Å². The van der Waals surface area contributed by atoms with Crippen LogP contribution < -0.4 is 14.4 Å². The molecule has 3 rings (SSSR count). The van der Waals surface area contributed by atoms with Crippen LogP contribution in [0.4, 0.5) is 11.4 Å². The number of carbonyl (C=O) groups is 1. The molecule has 9 heteroatoms. The maximum absolute atomic E-state index is 12.9. The van der Waals surface area contributed by atoms with Crippen LogP contribution in [0.1, 0.15) is 5.56 Å². The molecule has 138 valence electrons. The lowest BCUT2D eigenvalue weighted by Gasteiger charge is -2.18. The summed E-state index contributed by atoms with van der Waals surface area (Å²) in [4.78, 5) is 25.1. The molecule has 1 amide bonds. The molecule has 0 unspecified atom stereocenters. The molecular formula is C18H14N2O5S2. The minimum Gasteiger partial charge on any atom is -0.497 e. The molecule has 2 aromatic rings. The van der Waals surface area contributed by atoms with Gasteiger partial charge >= 0.3 is 0 Å². The van der Waals surface area contributed by atoms with Gasteiger partial charge in [0.1, 0.15) is 11.5 Å². The zero-order chi connectivity index (χ0) is 19.6. The number of hydrogen-bond acceptors (Lipinski definition) is 7. The second kappa shape index (κ2) is 7.77. The molecule has 1 heterocycles. The number of anilines is 1. The van der Waals surface area contributed by atoms with E-state index in [1.54, 1.807) is 36.4 Å². The van der Waals surface area contributed by atoms with Gasteiger partial charge in [0.15, 0.2) is 4.32 Å². The minimum absolute atomic E-state index is 0.0453. The highest BCUT2D eigenvalue weighted by Crippen LogP contribution is 2.41. The highest BCUT2D eigenvalue weighted by molar-refractivity contribution is 8.27. The Hall–Kier alpha value is -2.91. The number of ether oxygens (including phenoxy) is 2. The number of rotatable bonds is 5. The van der Waals surface area contributed by atoms with Crippen LogP contribution in [-0.4, -0.2) is 29.4 Å². The van der Waals surface area contributed by atoms with Crippen molar-refractivity contribution < 1.29 is 19.2 Å². The number of amides is 1. The Kier molecular flexibility index (Phi) is 5.43. The van der Waals surface area contributed by atoms with E-state index < -0.39 is 4.92 Å². The number of carbonyl (C=O) groups excluding carboxylic acids is 1. The van der Waals surface area contributed by atoms with Gasteiger partial charge in [-0.25, -0.2) is 0 Å². The van der Waals surface area contributed by atoms with Crippen molar-refractivity contribution in [2.75, 3.05) is 19.1 Å². The van der Waals surface area contributed by atoms with Crippen LogP contribution in [0.5, 0.6) is 11.5 Å². The Morgan fingerprint density at radius 2 is 1.96 bits per heavy atom. The van der Waals surface area contributed by atoms with E-state index in [-0.39, 0.29) is 11.6 Å². The number of non-ortho nitro benzene ring substituents is 1. The van der Waals surface area contributed by atoms with Crippen LogP contribution in [0.3, 0.4) is 0 Å². The minimum atomic E-state index is -0.481. The Morgan fingerprint density at radius 1 is 1.19 bits per heavy atom. The molecule has 0 saturated carbocycles. The molecule has 1 aliphatic heterocycles. The third-order valence-electron chi connectivity index (χ3n) is 3.80. The Morgan fingerprint density at radius 3 is 2.63 bits per heavy atom. The van der Waals surface area contributed by atoms with Crippen LogP contribution in [0, 0.1) is 10.1 Å². The molecule has 0 spiro atoms. The van der Waals surface area contributed by atoms with Crippen molar-refractivity contribution in [1.29, 1.82) is 0 Å². The molecule has 0 aromatic heterocycles. The predicted octanol–water partition coefficient (Wildman–Crippen LogP) is 4.02. The molecule has 0 aliphatic carbocycles. The Labute approximate surface area is 164 Å². The maximum atomic E-state index is 12.9. The SMILES string of the molecule is COc1ccc(N2C(=O)/C(=C/c3cccc([N+](=O)[O-])c3)SC2=S)c(OC)c1. The van der Waals surface area contributed by atoms with Gasteiger partial charge < -0.3 is 9.47 Å². The Bertz CT molecular complexity index is 974. The normalized spacial score (nSPS) is 15.3. The van der Waals surface area contributed by atoms with E-state index in [4.69, 9.17) is 21.7 Å². The van der Waals surface area contributed by atoms with Crippen LogP contribution >= 0.6 is 24.0 Å². The number of nitro groups is 1. The van der Waals surface area contributed by atoms with Crippen molar-refractivity contribution in [3.8, 4) is 11.5 Å². The highest BCUT2D eigenvalue weighted by Gasteiger charge is 2.35. The highest BCUT2D eigenvalue weighted by atomic mass is 32.2. The summed E-state index contributed by atoms with van der Waals surface area (Å²) in [6, 6.07) is 11.1. The smallest absolute Gasteiger partial charge is 0.270 e. The average Bonchev–Trinajstić information content (AvgIpc) is 2.94. The predicted molar refractivity (Wildman–Crippen MR) is 108 cm³/mol. The second-order valence-electron chi connectivity index (χ2n) is 5.41. The third kappa shape index (κ3) is 3.79. The van der Waals surface area contributed by atoms with E-state index in [0.717, 1.165) is 11.8 Å². The van der Waals surface area contributed by atoms with Gasteiger partial charge in [-0.3, -0.25) is 19.8 Å². The number of benzene rings is 2. The molecule has 0 bridgehead atoms. The number of nitro benzene ring substituents is 1. The van der Waals surface area contributed by atoms with E-state index in [1.165, 1.54) is 31.3 Å². The van der Waals surface area contributed by atoms with E-state index in [0.29, 0.717) is 32.0 Å². The fraction of sp³-hybridized carbons (Fsp3) is 0.111. The largest absolute Gasteiger partial charge is 0.497 e. The molecule has 1 fully saturated rings. The molecule has 1 saturated heterocycles. The summed E-state index contributed by atoms with van der Waals surface area (Å²) in [5, 5.41) is 10.9. The summed E-state index contributed by atoms with van der Waals surface area (Å²) in [7, 11) is 3.03. The first kappa shape index (κ1) is 18.9. The zero-order valence-corrected chi connectivity index (χ0v) is 16.0. The molecule has 0 radical (unpaired) electrons. The standard InChI is InChI=1S/C18H14N2O5S2/c1-24-13-6-7-14(15(10-13)25-2)19-17(21)16(27-18(19)26)9-11-4-3-5-12(8-11)20(22)23/h3-10H,1-2H3/b16-9-. The summed E-state index contributed by atoms with van der Waals surface area (Å²) >= 11 is 6.49. The van der Waals surface area contributed by atoms with Crippen molar-refractivity contribution in [1.82, 2.24) is 0 Å². The number of thiocarbonyl (C=S) groups is 1. The first-order valence-corrected chi connectivity index (χ1v) is 8.91. The van der Waals surface area contributed by atoms with Gasteiger partial charge in [-0.05, 0) is 23.8 Å². The lowest BCUT2D eigenvalue weighted by molar-refractivity contribution is -0.384. The second-order valence-corrected chi connectivity index (χ2v) is 7.08. The van der Waals surface area contributed by atoms with Gasteiger partial charge in [-0.2, -0.15) is 0 Å². The van der Waals surface area contributed by atoms with Crippen molar-refractivity contribution in [2.45, 2.75) is 0 Å². The lowest BCUT2D eigenvalue weighted by Crippen LogP contribution is -2.27. The summed E-state index contributed by atoms with van der Waals surface area (Å²) in [5.41, 5.74) is 1.01. The molecule has 0 N–H and O–H groups in total. The van der Waals surface area contributed by atoms with Gasteiger partial charge in [0.05, 0.1) is 29.7 Å². The number of hydrogen-bond donors (Lipinski definition) is 0. The van der Waals surface area contributed by atoms with Crippen LogP contribution in [0.2, 0.25) is 0 Å². The van der Waals surface area contributed by atoms with Gasteiger partial charge in [0.2, 0.25) is 0 Å². The summed E-state index contributed by atoms with van der Waals surface area (Å²) in [6.45, 7) is 0. The molecule has 27 heavy (non-hydrogen) atoms. The Balaban J connectivity index is 1.96. The third-order valence-corrected chi connectivity index (χ3v) is 5.10. The van der Waals surface area contributed by atoms with Crippen LogP contribution in [0.25, 0.3) is 6.08 Å². The fourth-order valence-corrected chi connectivity index (χ4v) is 3.81. The van der Waals surface area contributed by atoms with Crippen molar-refractivity contribution in [3.63, 3.8) is 0 Å². The molecular weight excluding hydrogens is 388 g/mol. The molecule has 2 aromatic carbocycles. The van der Waals surface area contributed by atoms with Crippen molar-refractivity contribution >= 4 is 51.7 Å². The zero-order valence-electron chi connectivity index (χ0n) is 14.4. The van der Waals surface area contributed by atoms with Crippen LogP contribution in [-0.2, 0) is 4.79 Å². The molecule has 7 nitrogen and oxygen atoms in total. The quantitative estimate of drug-likeness (QED) is 0.323. The van der Waals surface area contributed by atoms with E-state index >= 15 is 0 Å². The average molecular weight is 402 g/mol. The number of methoxy groups -OCH3 is 2. The summed E-state index contributed by atoms with van der Waals surface area (Å²) in [6.07, 6.45) is 1.59. The topological polar surface area (TPSA) is 81.9 Å². The van der Waals surface area contributed by atoms with Crippen molar-refractivity contribution in [3.05, 3.63) is 63.0 Å². The monoisotopic (exact) mass is 402 g/mol. The van der Waals surface area contributed by atoms with Crippen LogP contribution in [0.15, 0.2) is 47.4 Å². The van der Waals surface area contributed by atoms with Gasteiger partial charge in [-0.1, -0.05) is 36.1 Å². The van der Waals surface area contributed by atoms with E-state index in [2.05, 4.69) is 0 Å². The molecule has 1 aliphatic rings. The van der Waals surface area contributed by atoms with Crippen molar-refractivity contribution in [2.24, 2.45) is 0 Å². The fourth-order valence-electron chi connectivity index (χ4n) is 2.52. The van der Waals surface area contributed by atoms with Gasteiger partial charge in [0, 0.05) is 18.2 Å². The summed E-state index contributed by atoms with van der Waals surface area (Å²) < 4.78 is 10.9. The maximum Gasteiger partial charge on any atom is 0.270 e. The summed E-state index contributed by atoms with van der Waals surface area (Å²) in [5.74, 6) is 0.718. The van der Waals surface area contributed by atoms with E-state index in [1.807, 2.05) is 0 Å². The number of nitrogens with zero attached hydrogens (tertiary/aromatic N) is 2. The first-order valence-electron chi connectivity index (χ1n) is 7.69.